The van der Waals surface area contributed by atoms with Gasteiger partial charge in [0.05, 0.1) is 12.5 Å². The molecule has 2 aromatic heterocycles. The third kappa shape index (κ3) is 4.76. The molecule has 0 aliphatic heterocycles. The highest BCUT2D eigenvalue weighted by Gasteiger charge is 2.33. The van der Waals surface area contributed by atoms with Crippen LogP contribution in [0, 0.1) is 0 Å². The predicted octanol–water partition coefficient (Wildman–Crippen LogP) is 1.48. The summed E-state index contributed by atoms with van der Waals surface area (Å²) in [4.78, 5) is 40.7. The lowest BCUT2D eigenvalue weighted by molar-refractivity contribution is -0.141. The number of carbonyl (C=O) groups excluding carboxylic acids is 1. The third-order valence-corrected chi connectivity index (χ3v) is 4.67. The van der Waals surface area contributed by atoms with Crippen LogP contribution in [0.4, 0.5) is 13.2 Å². The molecule has 164 valence electrons. The number of alkyl halides is 3. The van der Waals surface area contributed by atoms with Crippen LogP contribution in [-0.2, 0) is 31.0 Å². The van der Waals surface area contributed by atoms with Crippen molar-refractivity contribution in [3.05, 3.63) is 68.5 Å². The third-order valence-electron chi connectivity index (χ3n) is 4.67. The van der Waals surface area contributed by atoms with Gasteiger partial charge in [0.2, 0.25) is 5.91 Å². The Morgan fingerprint density at radius 3 is 2.42 bits per heavy atom. The minimum absolute atomic E-state index is 0.193. The van der Waals surface area contributed by atoms with Gasteiger partial charge in [0.25, 0.3) is 5.56 Å². The van der Waals surface area contributed by atoms with Gasteiger partial charge in [-0.05, 0) is 36.2 Å². The topological polar surface area (TPSA) is 95.2 Å². The first kappa shape index (κ1) is 22.1. The zero-order valence-electron chi connectivity index (χ0n) is 16.7. The molecule has 1 aromatic carbocycles. The minimum Gasteiger partial charge on any atom is -0.497 e. The van der Waals surface area contributed by atoms with E-state index in [4.69, 9.17) is 4.74 Å². The fraction of sp³-hybridized carbons (Fsp3) is 0.300. The number of fused-ring (bicyclic) bond motifs is 1. The second kappa shape index (κ2) is 8.62. The van der Waals surface area contributed by atoms with Gasteiger partial charge >= 0.3 is 11.9 Å². The molecule has 0 radical (unpaired) electrons. The van der Waals surface area contributed by atoms with Gasteiger partial charge in [-0.15, -0.1) is 0 Å². The van der Waals surface area contributed by atoms with Gasteiger partial charge < -0.3 is 10.1 Å². The van der Waals surface area contributed by atoms with E-state index in [2.05, 4.69) is 10.3 Å². The Balaban J connectivity index is 1.76. The average molecular weight is 436 g/mol. The Morgan fingerprint density at radius 1 is 1.13 bits per heavy atom. The van der Waals surface area contributed by atoms with Crippen molar-refractivity contribution in [2.45, 2.75) is 19.1 Å². The highest BCUT2D eigenvalue weighted by Crippen LogP contribution is 2.28. The van der Waals surface area contributed by atoms with Gasteiger partial charge in [0, 0.05) is 13.6 Å². The molecule has 0 fully saturated rings. The molecule has 8 nitrogen and oxygen atoms in total. The van der Waals surface area contributed by atoms with Crippen molar-refractivity contribution >= 4 is 16.9 Å². The lowest BCUT2D eigenvalue weighted by atomic mass is 10.1. The highest BCUT2D eigenvalue weighted by molar-refractivity contribution is 5.77. The molecule has 0 atom stereocenters. The summed E-state index contributed by atoms with van der Waals surface area (Å²) in [6.07, 6.45) is -4.20. The normalized spacial score (nSPS) is 11.5. The summed E-state index contributed by atoms with van der Waals surface area (Å²) in [5.74, 6) is 0.128. The number of ether oxygens (including phenoxy) is 1. The van der Waals surface area contributed by atoms with Gasteiger partial charge in [-0.1, -0.05) is 12.1 Å². The van der Waals surface area contributed by atoms with Crippen LogP contribution in [-0.4, -0.2) is 33.7 Å². The van der Waals surface area contributed by atoms with Crippen molar-refractivity contribution in [2.24, 2.45) is 7.05 Å². The lowest BCUT2D eigenvalue weighted by Gasteiger charge is -2.12. The molecule has 31 heavy (non-hydrogen) atoms. The Labute approximate surface area is 173 Å². The van der Waals surface area contributed by atoms with Gasteiger partial charge in [0.15, 0.2) is 0 Å². The number of methoxy groups -OCH3 is 1. The number of carbonyl (C=O) groups is 1. The Bertz CT molecular complexity index is 1230. The molecule has 0 aliphatic rings. The first-order valence-corrected chi connectivity index (χ1v) is 9.19. The van der Waals surface area contributed by atoms with E-state index in [1.165, 1.54) is 7.05 Å². The van der Waals surface area contributed by atoms with Crippen molar-refractivity contribution in [1.82, 2.24) is 19.4 Å². The molecule has 0 bridgehead atoms. The van der Waals surface area contributed by atoms with Crippen molar-refractivity contribution in [3.63, 3.8) is 0 Å². The molecule has 0 aliphatic carbocycles. The molecule has 1 amide bonds. The van der Waals surface area contributed by atoms with E-state index in [1.54, 1.807) is 19.2 Å². The number of amides is 1. The van der Waals surface area contributed by atoms with E-state index in [9.17, 15) is 27.6 Å². The number of hydrogen-bond acceptors (Lipinski definition) is 5. The van der Waals surface area contributed by atoms with Crippen LogP contribution >= 0.6 is 0 Å². The van der Waals surface area contributed by atoms with E-state index >= 15 is 0 Å². The van der Waals surface area contributed by atoms with Crippen LogP contribution in [0.1, 0.15) is 11.3 Å². The van der Waals surface area contributed by atoms with Crippen LogP contribution < -0.4 is 21.3 Å². The summed E-state index contributed by atoms with van der Waals surface area (Å²) in [7, 11) is 2.74. The second-order valence-electron chi connectivity index (χ2n) is 6.75. The molecule has 11 heteroatoms. The zero-order valence-corrected chi connectivity index (χ0v) is 16.7. The number of halogens is 3. The van der Waals surface area contributed by atoms with E-state index in [0.29, 0.717) is 22.8 Å². The first-order valence-electron chi connectivity index (χ1n) is 9.19. The maximum atomic E-state index is 12.9. The number of nitrogens with one attached hydrogen (secondary N) is 1. The van der Waals surface area contributed by atoms with Crippen LogP contribution in [0.15, 0.2) is 46.0 Å². The maximum absolute atomic E-state index is 12.9. The molecule has 1 N–H and O–H groups in total. The molecule has 2 heterocycles. The van der Waals surface area contributed by atoms with Crippen LogP contribution in [0.3, 0.4) is 0 Å². The van der Waals surface area contributed by atoms with Crippen molar-refractivity contribution < 1.29 is 22.7 Å². The number of rotatable bonds is 6. The molecule has 3 aromatic rings. The number of aryl methyl sites for hydroxylation is 1. The van der Waals surface area contributed by atoms with Gasteiger partial charge in [0.1, 0.15) is 23.6 Å². The maximum Gasteiger partial charge on any atom is 0.433 e. The molecular formula is C20H19F3N4O4. The van der Waals surface area contributed by atoms with Gasteiger partial charge in [-0.2, -0.15) is 13.2 Å². The van der Waals surface area contributed by atoms with Crippen molar-refractivity contribution in [1.29, 1.82) is 0 Å². The summed E-state index contributed by atoms with van der Waals surface area (Å²) in [6.45, 7) is -0.296. The Hall–Kier alpha value is -3.63. The van der Waals surface area contributed by atoms with Gasteiger partial charge in [-0.25, -0.2) is 9.78 Å². The molecule has 0 unspecified atom stereocenters. The van der Waals surface area contributed by atoms with E-state index in [0.717, 1.165) is 16.2 Å². The molecule has 0 saturated carbocycles. The predicted molar refractivity (Wildman–Crippen MR) is 106 cm³/mol. The average Bonchev–Trinajstić information content (AvgIpc) is 2.74. The largest absolute Gasteiger partial charge is 0.497 e. The summed E-state index contributed by atoms with van der Waals surface area (Å²) in [5, 5.41) is 2.42. The molecule has 0 saturated heterocycles. The number of hydrogen-bond donors (Lipinski definition) is 1. The SMILES string of the molecule is COc1ccc(CCNC(=O)Cn2c(=O)c3ccc(C(F)(F)F)nc3n(C)c2=O)cc1. The number of nitrogens with zero attached hydrogens (tertiary/aromatic N) is 3. The van der Waals surface area contributed by atoms with E-state index < -0.39 is 41.2 Å². The summed E-state index contributed by atoms with van der Waals surface area (Å²) < 4.78 is 45.2. The Kier molecular flexibility index (Phi) is 6.14. The second-order valence-corrected chi connectivity index (χ2v) is 6.75. The Morgan fingerprint density at radius 2 is 1.81 bits per heavy atom. The summed E-state index contributed by atoms with van der Waals surface area (Å²) in [5.41, 5.74) is -2.49. The molecule has 0 spiro atoms. The van der Waals surface area contributed by atoms with Crippen molar-refractivity contribution in [3.8, 4) is 5.75 Å². The zero-order chi connectivity index (χ0) is 22.8. The first-order chi connectivity index (χ1) is 14.6. The number of pyridine rings is 1. The number of aromatic nitrogens is 3. The van der Waals surface area contributed by atoms with Crippen LogP contribution in [0.25, 0.3) is 11.0 Å². The van der Waals surface area contributed by atoms with Gasteiger partial charge in [-0.3, -0.25) is 18.7 Å². The van der Waals surface area contributed by atoms with E-state index in [-0.39, 0.29) is 11.9 Å². The molecular weight excluding hydrogens is 417 g/mol. The monoisotopic (exact) mass is 436 g/mol. The van der Waals surface area contributed by atoms with Crippen LogP contribution in [0.5, 0.6) is 5.75 Å². The van der Waals surface area contributed by atoms with Crippen molar-refractivity contribution in [2.75, 3.05) is 13.7 Å². The summed E-state index contributed by atoms with van der Waals surface area (Å²) >= 11 is 0. The summed E-state index contributed by atoms with van der Waals surface area (Å²) in [6, 6.07) is 8.87. The van der Waals surface area contributed by atoms with E-state index in [1.807, 2.05) is 12.1 Å². The highest BCUT2D eigenvalue weighted by atomic mass is 19.4. The quantitative estimate of drug-likeness (QED) is 0.632. The van der Waals surface area contributed by atoms with Crippen LogP contribution in [0.2, 0.25) is 0 Å². The standard InChI is InChI=1S/C20H19F3N4O4/c1-26-17-14(7-8-15(25-17)20(21,22)23)18(29)27(19(26)30)11-16(28)24-10-9-12-3-5-13(31-2)6-4-12/h3-8H,9-11H2,1-2H3,(H,24,28). The lowest BCUT2D eigenvalue weighted by Crippen LogP contribution is -2.43. The smallest absolute Gasteiger partial charge is 0.433 e. The molecule has 3 rings (SSSR count). The fourth-order valence-corrected chi connectivity index (χ4v) is 3.01. The fourth-order valence-electron chi connectivity index (χ4n) is 3.01. The number of benzene rings is 1. The minimum atomic E-state index is -4.72.